The number of carbonyl (C=O) groups is 2. The molecule has 6 nitrogen and oxygen atoms in total. The van der Waals surface area contributed by atoms with Crippen LogP contribution in [0, 0.1) is 0 Å². The number of aromatic nitrogens is 1. The van der Waals surface area contributed by atoms with E-state index in [9.17, 15) is 14.7 Å². The molecule has 1 atom stereocenters. The summed E-state index contributed by atoms with van der Waals surface area (Å²) in [5, 5.41) is 12.8. The number of carboxylic acids is 1. The Morgan fingerprint density at radius 1 is 1.26 bits per heavy atom. The van der Waals surface area contributed by atoms with E-state index >= 15 is 0 Å². The number of carboxylic acid groups (broad SMARTS) is 1. The van der Waals surface area contributed by atoms with E-state index in [0.717, 1.165) is 16.5 Å². The van der Waals surface area contributed by atoms with Gasteiger partial charge in [-0.15, -0.1) is 0 Å². The van der Waals surface area contributed by atoms with E-state index < -0.39 is 17.9 Å². The molecule has 1 aromatic carbocycles. The number of fused-ring (bicyclic) bond motifs is 1. The van der Waals surface area contributed by atoms with Gasteiger partial charge in [0.2, 0.25) is 0 Å². The topological polar surface area (TPSA) is 95.3 Å². The minimum absolute atomic E-state index is 0.0575. The van der Waals surface area contributed by atoms with Gasteiger partial charge in [-0.05, 0) is 39.7 Å². The molecular formula is C16H13BrN2O4. The Morgan fingerprint density at radius 3 is 2.74 bits per heavy atom. The van der Waals surface area contributed by atoms with Gasteiger partial charge >= 0.3 is 5.97 Å². The summed E-state index contributed by atoms with van der Waals surface area (Å²) < 4.78 is 5.55. The number of benzene rings is 1. The van der Waals surface area contributed by atoms with Crippen LogP contribution < -0.4 is 5.32 Å². The maximum absolute atomic E-state index is 12.1. The Balaban J connectivity index is 1.79. The van der Waals surface area contributed by atoms with Crippen molar-refractivity contribution in [1.29, 1.82) is 0 Å². The molecule has 118 valence electrons. The average molecular weight is 377 g/mol. The molecule has 23 heavy (non-hydrogen) atoms. The number of aliphatic carboxylic acids is 1. The number of amides is 1. The second-order valence-corrected chi connectivity index (χ2v) is 5.81. The predicted octanol–water partition coefficient (Wildman–Crippen LogP) is 2.95. The van der Waals surface area contributed by atoms with Gasteiger partial charge in [-0.3, -0.25) is 4.79 Å². The summed E-state index contributed by atoms with van der Waals surface area (Å²) in [4.78, 5) is 26.6. The first-order valence-electron chi connectivity index (χ1n) is 6.88. The summed E-state index contributed by atoms with van der Waals surface area (Å²) in [7, 11) is 0. The normalized spacial score (nSPS) is 12.2. The van der Waals surface area contributed by atoms with Crippen molar-refractivity contribution in [3.8, 4) is 0 Å². The van der Waals surface area contributed by atoms with Crippen molar-refractivity contribution in [2.24, 2.45) is 0 Å². The van der Waals surface area contributed by atoms with Gasteiger partial charge in [-0.1, -0.05) is 18.2 Å². The number of nitrogens with one attached hydrogen (secondary N) is 2. The molecule has 0 spiro atoms. The summed E-state index contributed by atoms with van der Waals surface area (Å²) in [5.74, 6) is -1.61. The van der Waals surface area contributed by atoms with Crippen molar-refractivity contribution in [2.75, 3.05) is 0 Å². The Morgan fingerprint density at radius 2 is 2.04 bits per heavy atom. The molecule has 0 saturated carbocycles. The highest BCUT2D eigenvalue weighted by atomic mass is 79.9. The molecule has 0 aliphatic rings. The number of carbonyl (C=O) groups excluding carboxylic acids is 1. The molecule has 1 unspecified atom stereocenters. The van der Waals surface area contributed by atoms with E-state index in [2.05, 4.69) is 26.2 Å². The number of hydrogen-bond donors (Lipinski definition) is 3. The van der Waals surface area contributed by atoms with Gasteiger partial charge in [0.15, 0.2) is 10.4 Å². The molecule has 2 aromatic heterocycles. The molecule has 0 bridgehead atoms. The molecule has 0 aliphatic carbocycles. The van der Waals surface area contributed by atoms with E-state index in [-0.39, 0.29) is 12.2 Å². The zero-order chi connectivity index (χ0) is 16.4. The highest BCUT2D eigenvalue weighted by Crippen LogP contribution is 2.19. The van der Waals surface area contributed by atoms with Gasteiger partial charge in [-0.2, -0.15) is 0 Å². The summed E-state index contributed by atoms with van der Waals surface area (Å²) in [6.07, 6.45) is 1.93. The fraction of sp³-hybridized carbons (Fsp3) is 0.125. The predicted molar refractivity (Wildman–Crippen MR) is 87.3 cm³/mol. The van der Waals surface area contributed by atoms with Gasteiger partial charge in [0.25, 0.3) is 5.91 Å². The van der Waals surface area contributed by atoms with Crippen molar-refractivity contribution in [2.45, 2.75) is 12.5 Å². The SMILES string of the molecule is O=C(NC(Cc1c[nH]c2ccccc12)C(=O)O)c1ccc(Br)o1. The molecule has 2 heterocycles. The third kappa shape index (κ3) is 3.29. The number of aromatic amines is 1. The number of hydrogen-bond acceptors (Lipinski definition) is 3. The number of halogens is 1. The fourth-order valence-corrected chi connectivity index (χ4v) is 2.69. The van der Waals surface area contributed by atoms with Crippen LogP contribution in [-0.4, -0.2) is 28.0 Å². The van der Waals surface area contributed by atoms with Gasteiger partial charge in [0.05, 0.1) is 0 Å². The first-order valence-corrected chi connectivity index (χ1v) is 7.68. The van der Waals surface area contributed by atoms with E-state index in [0.29, 0.717) is 4.67 Å². The summed E-state index contributed by atoms with van der Waals surface area (Å²) >= 11 is 3.10. The van der Waals surface area contributed by atoms with Crippen LogP contribution in [0.4, 0.5) is 0 Å². The largest absolute Gasteiger partial charge is 0.480 e. The van der Waals surface area contributed by atoms with Gasteiger partial charge in [0, 0.05) is 23.5 Å². The lowest BCUT2D eigenvalue weighted by Crippen LogP contribution is -2.42. The first-order chi connectivity index (χ1) is 11.0. The molecule has 0 saturated heterocycles. The number of rotatable bonds is 5. The number of H-pyrrole nitrogens is 1. The Kier molecular flexibility index (Phi) is 4.20. The standard InChI is InChI=1S/C16H13BrN2O4/c17-14-6-5-13(23-14)15(20)19-12(16(21)22)7-9-8-18-11-4-2-1-3-10(9)11/h1-6,8,12,18H,7H2,(H,19,20)(H,21,22). The van der Waals surface area contributed by atoms with E-state index in [1.165, 1.54) is 6.07 Å². The zero-order valence-corrected chi connectivity index (χ0v) is 13.5. The average Bonchev–Trinajstić information content (AvgIpc) is 3.13. The fourth-order valence-electron chi connectivity index (χ4n) is 2.39. The van der Waals surface area contributed by atoms with Crippen LogP contribution in [0.1, 0.15) is 16.1 Å². The molecule has 0 fully saturated rings. The third-order valence-corrected chi connectivity index (χ3v) is 3.93. The summed E-state index contributed by atoms with van der Waals surface area (Å²) in [6.45, 7) is 0. The highest BCUT2D eigenvalue weighted by molar-refractivity contribution is 9.10. The Bertz CT molecular complexity index is 868. The van der Waals surface area contributed by atoms with Crippen molar-refractivity contribution < 1.29 is 19.1 Å². The van der Waals surface area contributed by atoms with Gasteiger partial charge in [0.1, 0.15) is 6.04 Å². The minimum Gasteiger partial charge on any atom is -0.480 e. The molecule has 0 radical (unpaired) electrons. The lowest BCUT2D eigenvalue weighted by atomic mass is 10.0. The lowest BCUT2D eigenvalue weighted by Gasteiger charge is -2.13. The Labute approximate surface area is 139 Å². The maximum atomic E-state index is 12.1. The van der Waals surface area contributed by atoms with Crippen LogP contribution in [0.3, 0.4) is 0 Å². The van der Waals surface area contributed by atoms with Crippen molar-refractivity contribution in [1.82, 2.24) is 10.3 Å². The first kappa shape index (κ1) is 15.4. The highest BCUT2D eigenvalue weighted by Gasteiger charge is 2.23. The summed E-state index contributed by atoms with van der Waals surface area (Å²) in [6, 6.07) is 9.60. The number of furan rings is 1. The van der Waals surface area contributed by atoms with Crippen LogP contribution in [0.25, 0.3) is 10.9 Å². The van der Waals surface area contributed by atoms with Crippen LogP contribution in [0.15, 0.2) is 51.7 Å². The maximum Gasteiger partial charge on any atom is 0.326 e. The van der Waals surface area contributed by atoms with Gasteiger partial charge < -0.3 is 19.8 Å². The zero-order valence-electron chi connectivity index (χ0n) is 11.9. The molecule has 3 N–H and O–H groups in total. The lowest BCUT2D eigenvalue weighted by molar-refractivity contribution is -0.139. The van der Waals surface area contributed by atoms with Crippen LogP contribution in [-0.2, 0) is 11.2 Å². The second kappa shape index (κ2) is 6.29. The monoisotopic (exact) mass is 376 g/mol. The van der Waals surface area contributed by atoms with E-state index in [4.69, 9.17) is 4.42 Å². The van der Waals surface area contributed by atoms with E-state index in [1.54, 1.807) is 12.3 Å². The van der Waals surface area contributed by atoms with Crippen molar-refractivity contribution in [3.05, 3.63) is 58.6 Å². The quantitative estimate of drug-likeness (QED) is 0.637. The van der Waals surface area contributed by atoms with Crippen LogP contribution >= 0.6 is 15.9 Å². The van der Waals surface area contributed by atoms with E-state index in [1.807, 2.05) is 24.3 Å². The molecule has 3 aromatic rings. The minimum atomic E-state index is -1.10. The van der Waals surface area contributed by atoms with Crippen molar-refractivity contribution in [3.63, 3.8) is 0 Å². The molecule has 1 amide bonds. The second-order valence-electron chi connectivity index (χ2n) is 5.03. The van der Waals surface area contributed by atoms with Gasteiger partial charge in [-0.25, -0.2) is 4.79 Å². The molecule has 0 aliphatic heterocycles. The summed E-state index contributed by atoms with van der Waals surface area (Å²) in [5.41, 5.74) is 1.75. The third-order valence-electron chi connectivity index (χ3n) is 3.50. The molecular weight excluding hydrogens is 364 g/mol. The molecule has 7 heteroatoms. The smallest absolute Gasteiger partial charge is 0.326 e. The van der Waals surface area contributed by atoms with Crippen LogP contribution in [0.5, 0.6) is 0 Å². The number of para-hydroxylation sites is 1. The van der Waals surface area contributed by atoms with Crippen LogP contribution in [0.2, 0.25) is 0 Å². The molecule has 3 rings (SSSR count). The Hall–Kier alpha value is -2.54. The van der Waals surface area contributed by atoms with Crippen molar-refractivity contribution >= 4 is 38.7 Å².